The van der Waals surface area contributed by atoms with Crippen molar-refractivity contribution in [1.29, 1.82) is 0 Å². The summed E-state index contributed by atoms with van der Waals surface area (Å²) in [5.74, 6) is 0.232. The maximum absolute atomic E-state index is 13.6. The number of nitro benzene ring substituents is 1. The predicted molar refractivity (Wildman–Crippen MR) is 87.5 cm³/mol. The minimum Gasteiger partial charge on any atom is -0.327 e. The molecule has 1 aromatic heterocycles. The van der Waals surface area contributed by atoms with Gasteiger partial charge in [0, 0.05) is 41.1 Å². The summed E-state index contributed by atoms with van der Waals surface area (Å²) >= 11 is 3.26. The molecule has 0 aliphatic carbocycles. The van der Waals surface area contributed by atoms with E-state index < -0.39 is 4.92 Å². The van der Waals surface area contributed by atoms with Crippen molar-refractivity contribution >= 4 is 21.6 Å². The van der Waals surface area contributed by atoms with Gasteiger partial charge in [-0.05, 0) is 23.8 Å². The van der Waals surface area contributed by atoms with Crippen molar-refractivity contribution in [3.8, 4) is 11.4 Å². The Morgan fingerprint density at radius 3 is 2.83 bits per heavy atom. The summed E-state index contributed by atoms with van der Waals surface area (Å²) in [7, 11) is 0. The van der Waals surface area contributed by atoms with Crippen LogP contribution >= 0.6 is 15.9 Å². The van der Waals surface area contributed by atoms with E-state index >= 15 is 0 Å². The zero-order valence-electron chi connectivity index (χ0n) is 11.8. The van der Waals surface area contributed by atoms with E-state index in [0.717, 1.165) is 5.56 Å². The third kappa shape index (κ3) is 3.45. The van der Waals surface area contributed by atoms with E-state index in [1.807, 2.05) is 4.57 Å². The summed E-state index contributed by atoms with van der Waals surface area (Å²) in [6, 6.07) is 11.0. The van der Waals surface area contributed by atoms with Crippen LogP contribution in [0.1, 0.15) is 5.56 Å². The lowest BCUT2D eigenvalue weighted by atomic mass is 10.2. The van der Waals surface area contributed by atoms with Gasteiger partial charge in [-0.25, -0.2) is 9.37 Å². The van der Waals surface area contributed by atoms with Crippen LogP contribution in [0.2, 0.25) is 0 Å². The molecule has 0 bridgehead atoms. The second-order valence-corrected chi connectivity index (χ2v) is 5.88. The number of imidazole rings is 1. The van der Waals surface area contributed by atoms with Crippen molar-refractivity contribution in [2.45, 2.75) is 6.54 Å². The number of hydrogen-bond acceptors (Lipinski definition) is 3. The summed E-state index contributed by atoms with van der Waals surface area (Å²) in [4.78, 5) is 14.7. The van der Waals surface area contributed by atoms with E-state index in [1.165, 1.54) is 24.3 Å². The molecule has 7 heteroatoms. The maximum Gasteiger partial charge on any atom is 0.269 e. The van der Waals surface area contributed by atoms with Gasteiger partial charge in [-0.15, -0.1) is 0 Å². The van der Waals surface area contributed by atoms with E-state index in [-0.39, 0.29) is 11.5 Å². The monoisotopic (exact) mass is 375 g/mol. The molecule has 0 aliphatic rings. The third-order valence-corrected chi connectivity index (χ3v) is 3.77. The van der Waals surface area contributed by atoms with Crippen LogP contribution in [0.5, 0.6) is 0 Å². The summed E-state index contributed by atoms with van der Waals surface area (Å²) in [5.41, 5.74) is 1.44. The number of rotatable bonds is 4. The van der Waals surface area contributed by atoms with Crippen molar-refractivity contribution in [2.24, 2.45) is 0 Å². The lowest BCUT2D eigenvalue weighted by molar-refractivity contribution is -0.384. The van der Waals surface area contributed by atoms with Crippen LogP contribution in [-0.2, 0) is 6.54 Å². The average molecular weight is 376 g/mol. The normalized spacial score (nSPS) is 10.7. The first kappa shape index (κ1) is 15.4. The predicted octanol–water partition coefficient (Wildman–Crippen LogP) is 4.41. The van der Waals surface area contributed by atoms with Gasteiger partial charge < -0.3 is 4.57 Å². The zero-order chi connectivity index (χ0) is 16.4. The molecule has 0 aliphatic heterocycles. The molecule has 5 nitrogen and oxygen atoms in total. The molecule has 1 heterocycles. The molecule has 3 aromatic rings. The molecule has 2 aromatic carbocycles. The van der Waals surface area contributed by atoms with Crippen molar-refractivity contribution < 1.29 is 9.31 Å². The van der Waals surface area contributed by atoms with Gasteiger partial charge in [0.1, 0.15) is 11.6 Å². The van der Waals surface area contributed by atoms with Crippen molar-refractivity contribution in [1.82, 2.24) is 9.55 Å². The summed E-state index contributed by atoms with van der Waals surface area (Å²) in [6.07, 6.45) is 3.37. The molecule has 0 unspecified atom stereocenters. The highest BCUT2D eigenvalue weighted by Crippen LogP contribution is 2.24. The fourth-order valence-corrected chi connectivity index (χ4v) is 2.81. The van der Waals surface area contributed by atoms with E-state index in [1.54, 1.807) is 30.6 Å². The first-order valence-corrected chi connectivity index (χ1v) is 7.53. The Bertz CT molecular complexity index is 859. The first-order chi connectivity index (χ1) is 11.0. The fourth-order valence-electron chi connectivity index (χ4n) is 2.35. The number of nitro groups is 1. The summed E-state index contributed by atoms with van der Waals surface area (Å²) in [5, 5.41) is 10.9. The van der Waals surface area contributed by atoms with Crippen LogP contribution in [0.4, 0.5) is 10.1 Å². The van der Waals surface area contributed by atoms with Gasteiger partial charge in [0.2, 0.25) is 0 Å². The molecule has 0 N–H and O–H groups in total. The highest BCUT2D eigenvalue weighted by molar-refractivity contribution is 9.10. The lowest BCUT2D eigenvalue weighted by Gasteiger charge is -2.09. The van der Waals surface area contributed by atoms with Crippen LogP contribution in [0, 0.1) is 15.9 Å². The molecule has 0 fully saturated rings. The number of non-ortho nitro benzene ring substituents is 1. The second-order valence-electron chi connectivity index (χ2n) is 4.96. The largest absolute Gasteiger partial charge is 0.327 e. The van der Waals surface area contributed by atoms with E-state index in [0.29, 0.717) is 22.4 Å². The Kier molecular flexibility index (Phi) is 4.20. The van der Waals surface area contributed by atoms with Gasteiger partial charge in [-0.1, -0.05) is 28.1 Å². The number of halogens is 2. The van der Waals surface area contributed by atoms with Gasteiger partial charge >= 0.3 is 0 Å². The Balaban J connectivity index is 1.95. The third-order valence-electron chi connectivity index (χ3n) is 3.31. The molecule has 0 spiro atoms. The van der Waals surface area contributed by atoms with E-state index in [2.05, 4.69) is 20.9 Å². The molecule has 0 saturated heterocycles. The van der Waals surface area contributed by atoms with Gasteiger partial charge in [0.15, 0.2) is 0 Å². The number of aromatic nitrogens is 2. The minimum atomic E-state index is -0.429. The van der Waals surface area contributed by atoms with Gasteiger partial charge in [0.05, 0.1) is 4.92 Å². The van der Waals surface area contributed by atoms with E-state index in [9.17, 15) is 14.5 Å². The van der Waals surface area contributed by atoms with Crippen LogP contribution in [-0.4, -0.2) is 14.5 Å². The highest BCUT2D eigenvalue weighted by atomic mass is 79.9. The van der Waals surface area contributed by atoms with Crippen LogP contribution in [0.3, 0.4) is 0 Å². The van der Waals surface area contributed by atoms with Crippen LogP contribution < -0.4 is 0 Å². The Morgan fingerprint density at radius 1 is 1.26 bits per heavy atom. The van der Waals surface area contributed by atoms with Gasteiger partial charge in [0.25, 0.3) is 5.69 Å². The molecule has 0 radical (unpaired) electrons. The van der Waals surface area contributed by atoms with Gasteiger partial charge in [-0.2, -0.15) is 0 Å². The lowest BCUT2D eigenvalue weighted by Crippen LogP contribution is -2.02. The first-order valence-electron chi connectivity index (χ1n) is 6.74. The molecule has 3 rings (SSSR count). The summed E-state index contributed by atoms with van der Waals surface area (Å²) in [6.45, 7) is 0.408. The van der Waals surface area contributed by atoms with Crippen LogP contribution in [0.25, 0.3) is 11.4 Å². The molecule has 0 atom stereocenters. The van der Waals surface area contributed by atoms with Gasteiger partial charge in [-0.3, -0.25) is 10.1 Å². The molecule has 116 valence electrons. The van der Waals surface area contributed by atoms with Crippen molar-refractivity contribution in [3.05, 3.63) is 80.8 Å². The molecule has 23 heavy (non-hydrogen) atoms. The molecular formula is C16H11BrFN3O2. The SMILES string of the molecule is O=[N+]([O-])c1cccc(Cn2ccnc2-c2cc(F)cc(Br)c2)c1. The minimum absolute atomic E-state index is 0.0395. The smallest absolute Gasteiger partial charge is 0.269 e. The topological polar surface area (TPSA) is 61.0 Å². The quantitative estimate of drug-likeness (QED) is 0.501. The van der Waals surface area contributed by atoms with Crippen molar-refractivity contribution in [3.63, 3.8) is 0 Å². The highest BCUT2D eigenvalue weighted by Gasteiger charge is 2.11. The molecular weight excluding hydrogens is 365 g/mol. The Morgan fingerprint density at radius 2 is 2.09 bits per heavy atom. The fraction of sp³-hybridized carbons (Fsp3) is 0.0625. The maximum atomic E-state index is 13.6. The Labute approximate surface area is 139 Å². The zero-order valence-corrected chi connectivity index (χ0v) is 13.4. The summed E-state index contributed by atoms with van der Waals surface area (Å²) < 4.78 is 16.0. The van der Waals surface area contributed by atoms with Crippen LogP contribution in [0.15, 0.2) is 59.3 Å². The molecule has 0 saturated carbocycles. The average Bonchev–Trinajstić information content (AvgIpc) is 2.94. The number of nitrogens with zero attached hydrogens (tertiary/aromatic N) is 3. The standard InChI is InChI=1S/C16H11BrFN3O2/c17-13-7-12(8-14(18)9-13)16-19-4-5-20(16)10-11-2-1-3-15(6-11)21(22)23/h1-9H,10H2. The van der Waals surface area contributed by atoms with E-state index in [4.69, 9.17) is 0 Å². The number of benzene rings is 2. The number of hydrogen-bond donors (Lipinski definition) is 0. The van der Waals surface area contributed by atoms with Crippen molar-refractivity contribution in [2.75, 3.05) is 0 Å². The molecule has 0 amide bonds. The second kappa shape index (κ2) is 6.29. The Hall–Kier alpha value is -2.54.